The van der Waals surface area contributed by atoms with Gasteiger partial charge in [0.1, 0.15) is 18.5 Å². The number of fused-ring (bicyclic) bond motifs is 1. The summed E-state index contributed by atoms with van der Waals surface area (Å²) in [6.07, 6.45) is -2.64. The molecular weight excluding hydrogens is 486 g/mol. The average Bonchev–Trinajstić information content (AvgIpc) is 3.30. The lowest BCUT2D eigenvalue weighted by Gasteiger charge is -2.16. The molecular formula is C19H20BrN7O5. The summed E-state index contributed by atoms with van der Waals surface area (Å²) in [4.78, 5) is 36.9. The zero-order valence-corrected chi connectivity index (χ0v) is 18.4. The van der Waals surface area contributed by atoms with Crippen molar-refractivity contribution in [2.45, 2.75) is 31.5 Å². The Morgan fingerprint density at radius 3 is 2.75 bits per heavy atom. The van der Waals surface area contributed by atoms with Crippen molar-refractivity contribution in [2.75, 3.05) is 17.2 Å². The molecule has 0 unspecified atom stereocenters. The molecule has 1 aliphatic rings. The van der Waals surface area contributed by atoms with Crippen molar-refractivity contribution in [3.63, 3.8) is 0 Å². The number of nitrogens with zero attached hydrogens (tertiary/aromatic N) is 4. The number of carbonyl (C=O) groups is 2. The van der Waals surface area contributed by atoms with E-state index < -0.39 is 36.5 Å². The summed E-state index contributed by atoms with van der Waals surface area (Å²) in [5.41, 5.74) is 1.05. The second kappa shape index (κ2) is 9.16. The van der Waals surface area contributed by atoms with Crippen molar-refractivity contribution in [3.05, 3.63) is 41.4 Å². The second-order valence-corrected chi connectivity index (χ2v) is 7.87. The molecule has 3 amide bonds. The molecule has 0 radical (unpaired) electrons. The van der Waals surface area contributed by atoms with Gasteiger partial charge in [-0.2, -0.15) is 0 Å². The summed E-state index contributed by atoms with van der Waals surface area (Å²) in [6, 6.07) is 6.53. The third-order valence-electron chi connectivity index (χ3n) is 4.80. The van der Waals surface area contributed by atoms with Crippen LogP contribution >= 0.6 is 15.9 Å². The number of carbonyl (C=O) groups excluding carboxylic acids is 2. The van der Waals surface area contributed by atoms with Crippen LogP contribution in [0.15, 0.2) is 41.4 Å². The van der Waals surface area contributed by atoms with Crippen LogP contribution in [-0.2, 0) is 9.53 Å². The quantitative estimate of drug-likeness (QED) is 0.342. The first-order valence-electron chi connectivity index (χ1n) is 9.69. The fourth-order valence-corrected chi connectivity index (χ4v) is 3.75. The maximum Gasteiger partial charge on any atom is 0.324 e. The van der Waals surface area contributed by atoms with Crippen LogP contribution < -0.4 is 16.0 Å². The van der Waals surface area contributed by atoms with E-state index in [0.717, 1.165) is 4.47 Å². The molecule has 1 aromatic carbocycles. The van der Waals surface area contributed by atoms with Crippen molar-refractivity contribution in [1.82, 2.24) is 24.8 Å². The Hall–Kier alpha value is -3.13. The summed E-state index contributed by atoms with van der Waals surface area (Å²) in [5.74, 6) is -0.401. The van der Waals surface area contributed by atoms with E-state index in [4.69, 9.17) is 4.74 Å². The Kier molecular flexibility index (Phi) is 6.32. The number of urea groups is 1. The number of likely N-dealkylation sites (N-methyl/N-ethyl adjacent to an activating group) is 1. The Bertz CT molecular complexity index is 1160. The van der Waals surface area contributed by atoms with E-state index in [-0.39, 0.29) is 17.0 Å². The van der Waals surface area contributed by atoms with Crippen molar-refractivity contribution in [3.8, 4) is 0 Å². The minimum Gasteiger partial charge on any atom is -0.387 e. The zero-order chi connectivity index (χ0) is 22.8. The van der Waals surface area contributed by atoms with Crippen molar-refractivity contribution < 1.29 is 24.5 Å². The number of rotatable bonds is 5. The molecule has 0 saturated carbocycles. The van der Waals surface area contributed by atoms with Gasteiger partial charge in [-0.15, -0.1) is 0 Å². The number of ether oxygens (including phenoxy) is 1. The van der Waals surface area contributed by atoms with Crippen LogP contribution in [0.5, 0.6) is 0 Å². The molecule has 1 fully saturated rings. The molecule has 0 aliphatic carbocycles. The monoisotopic (exact) mass is 505 g/mol. The lowest BCUT2D eigenvalue weighted by Crippen LogP contribution is -2.42. The highest BCUT2D eigenvalue weighted by Crippen LogP contribution is 2.32. The van der Waals surface area contributed by atoms with Crippen LogP contribution in [0.1, 0.15) is 13.2 Å². The molecule has 4 rings (SSSR count). The number of hydrogen-bond acceptors (Lipinski definition) is 8. The Labute approximate surface area is 190 Å². The van der Waals surface area contributed by atoms with Gasteiger partial charge in [-0.3, -0.25) is 14.7 Å². The lowest BCUT2D eigenvalue weighted by atomic mass is 10.1. The molecule has 0 bridgehead atoms. The first kappa shape index (κ1) is 22.1. The number of imidazole rings is 1. The molecule has 1 saturated heterocycles. The van der Waals surface area contributed by atoms with Crippen molar-refractivity contribution >= 4 is 50.5 Å². The molecule has 4 atom stereocenters. The molecule has 5 N–H and O–H groups in total. The SMILES string of the molecule is CCNC(=O)[C@H]1O[C@@H](n2cnc3c(NC(=O)Nc4cccc(Br)c4)ncnc32)[C@H](O)[C@@H]1O. The average molecular weight is 506 g/mol. The smallest absolute Gasteiger partial charge is 0.324 e. The molecule has 3 aromatic rings. The van der Waals surface area contributed by atoms with Gasteiger partial charge in [-0.05, 0) is 25.1 Å². The molecule has 2 aromatic heterocycles. The van der Waals surface area contributed by atoms with E-state index in [1.54, 1.807) is 25.1 Å². The van der Waals surface area contributed by atoms with E-state index in [1.165, 1.54) is 17.2 Å². The summed E-state index contributed by atoms with van der Waals surface area (Å²) in [6.45, 7) is 2.08. The lowest BCUT2D eigenvalue weighted by molar-refractivity contribution is -0.137. The molecule has 0 spiro atoms. The highest BCUT2D eigenvalue weighted by molar-refractivity contribution is 9.10. The van der Waals surface area contributed by atoms with E-state index in [0.29, 0.717) is 12.2 Å². The summed E-state index contributed by atoms with van der Waals surface area (Å²) in [7, 11) is 0. The van der Waals surface area contributed by atoms with E-state index in [9.17, 15) is 19.8 Å². The first-order chi connectivity index (χ1) is 15.4. The van der Waals surface area contributed by atoms with Crippen LogP contribution in [0.25, 0.3) is 11.2 Å². The van der Waals surface area contributed by atoms with E-state index >= 15 is 0 Å². The minimum absolute atomic E-state index is 0.134. The summed E-state index contributed by atoms with van der Waals surface area (Å²) >= 11 is 3.34. The van der Waals surface area contributed by atoms with Crippen LogP contribution in [0.4, 0.5) is 16.3 Å². The highest BCUT2D eigenvalue weighted by Gasteiger charge is 2.47. The predicted octanol–water partition coefficient (Wildman–Crippen LogP) is 0.988. The van der Waals surface area contributed by atoms with Crippen LogP contribution in [0.3, 0.4) is 0 Å². The standard InChI is InChI=1S/C19H20BrN7O5/c1-2-21-17(30)14-12(28)13(29)18(32-14)27-8-24-11-15(22-7-23-16(11)27)26-19(31)25-10-5-3-4-9(20)6-10/h3-8,12-14,18,28-29H,2H2,1H3,(H,21,30)(H2,22,23,25,26,31)/t12-,13+,14-,18+/m0/s1. The van der Waals surface area contributed by atoms with Crippen LogP contribution in [-0.4, -0.2) is 66.5 Å². The van der Waals surface area contributed by atoms with Gasteiger partial charge in [0, 0.05) is 16.7 Å². The maximum atomic E-state index is 12.4. The molecule has 168 valence electrons. The molecule has 13 heteroatoms. The fourth-order valence-electron chi connectivity index (χ4n) is 3.35. The topological polar surface area (TPSA) is 164 Å². The number of aliphatic hydroxyl groups excluding tert-OH is 2. The maximum absolute atomic E-state index is 12.4. The van der Waals surface area contributed by atoms with Crippen LogP contribution in [0.2, 0.25) is 0 Å². The number of benzene rings is 1. The summed E-state index contributed by atoms with van der Waals surface area (Å²) < 4.78 is 7.79. The number of nitrogens with one attached hydrogen (secondary N) is 3. The summed E-state index contributed by atoms with van der Waals surface area (Å²) in [5, 5.41) is 28.6. The number of aromatic nitrogens is 4. The first-order valence-corrected chi connectivity index (χ1v) is 10.5. The Balaban J connectivity index is 1.55. The van der Waals surface area contributed by atoms with Gasteiger partial charge in [0.05, 0.1) is 6.33 Å². The van der Waals surface area contributed by atoms with Crippen molar-refractivity contribution in [1.29, 1.82) is 0 Å². The fraction of sp³-hybridized carbons (Fsp3) is 0.316. The molecule has 3 heterocycles. The Morgan fingerprint density at radius 1 is 1.19 bits per heavy atom. The van der Waals surface area contributed by atoms with E-state index in [1.807, 2.05) is 6.07 Å². The number of amides is 3. The predicted molar refractivity (Wildman–Crippen MR) is 117 cm³/mol. The van der Waals surface area contributed by atoms with Gasteiger partial charge in [0.25, 0.3) is 5.91 Å². The van der Waals surface area contributed by atoms with Gasteiger partial charge in [-0.1, -0.05) is 22.0 Å². The second-order valence-electron chi connectivity index (χ2n) is 6.96. The van der Waals surface area contributed by atoms with E-state index in [2.05, 4.69) is 46.8 Å². The molecule has 1 aliphatic heterocycles. The molecule has 32 heavy (non-hydrogen) atoms. The van der Waals surface area contributed by atoms with Gasteiger partial charge < -0.3 is 25.6 Å². The van der Waals surface area contributed by atoms with Gasteiger partial charge >= 0.3 is 6.03 Å². The van der Waals surface area contributed by atoms with Gasteiger partial charge in [-0.25, -0.2) is 19.7 Å². The number of aliphatic hydroxyl groups is 2. The van der Waals surface area contributed by atoms with Gasteiger partial charge in [0.15, 0.2) is 29.3 Å². The minimum atomic E-state index is -1.43. The molecule has 12 nitrogen and oxygen atoms in total. The third kappa shape index (κ3) is 4.27. The third-order valence-corrected chi connectivity index (χ3v) is 5.29. The van der Waals surface area contributed by atoms with Gasteiger partial charge in [0.2, 0.25) is 0 Å². The Morgan fingerprint density at radius 2 is 2.00 bits per heavy atom. The normalized spacial score (nSPS) is 22.6. The number of hydrogen-bond donors (Lipinski definition) is 5. The largest absolute Gasteiger partial charge is 0.387 e. The number of anilines is 2. The van der Waals surface area contributed by atoms with Crippen LogP contribution in [0, 0.1) is 0 Å². The van der Waals surface area contributed by atoms with Crippen molar-refractivity contribution in [2.24, 2.45) is 0 Å². The number of halogens is 1. The zero-order valence-electron chi connectivity index (χ0n) is 16.8. The highest BCUT2D eigenvalue weighted by atomic mass is 79.9.